The Morgan fingerprint density at radius 3 is 2.20 bits per heavy atom. The first-order chi connectivity index (χ1) is 4.45. The molecule has 0 aromatic carbocycles. The highest BCUT2D eigenvalue weighted by molar-refractivity contribution is 4.72. The first-order valence-corrected chi connectivity index (χ1v) is 3.85. The second-order valence-electron chi connectivity index (χ2n) is 3.64. The van der Waals surface area contributed by atoms with Gasteiger partial charge in [0.1, 0.15) is 6.17 Å². The number of hydrogen-bond acceptors (Lipinski definition) is 1. The lowest BCUT2D eigenvalue weighted by atomic mass is 10.1. The highest BCUT2D eigenvalue weighted by atomic mass is 19.1. The average molecular weight is 147 g/mol. The lowest BCUT2D eigenvalue weighted by Gasteiger charge is -2.21. The molecule has 2 heteroatoms. The summed E-state index contributed by atoms with van der Waals surface area (Å²) in [5.74, 6) is 0. The molecule has 0 rings (SSSR count). The summed E-state index contributed by atoms with van der Waals surface area (Å²) in [6.07, 6.45) is -0.0949. The molecule has 0 amide bonds. The average Bonchev–Trinajstić information content (AvgIpc) is 1.81. The summed E-state index contributed by atoms with van der Waals surface area (Å²) in [4.78, 5) is 0. The van der Waals surface area contributed by atoms with Crippen molar-refractivity contribution in [1.29, 1.82) is 0 Å². The van der Waals surface area contributed by atoms with Gasteiger partial charge in [-0.1, -0.05) is 6.92 Å². The van der Waals surface area contributed by atoms with Gasteiger partial charge in [-0.2, -0.15) is 0 Å². The topological polar surface area (TPSA) is 12.0 Å². The van der Waals surface area contributed by atoms with Gasteiger partial charge in [0.25, 0.3) is 0 Å². The van der Waals surface area contributed by atoms with Gasteiger partial charge in [0, 0.05) is 12.1 Å². The van der Waals surface area contributed by atoms with Gasteiger partial charge in [-0.05, 0) is 27.2 Å². The lowest BCUT2D eigenvalue weighted by Crippen LogP contribution is -2.39. The molecular formula is C8H18FN. The third-order valence-corrected chi connectivity index (χ3v) is 1.30. The second kappa shape index (κ2) is 3.91. The van der Waals surface area contributed by atoms with Gasteiger partial charge in [0.2, 0.25) is 0 Å². The fourth-order valence-electron chi connectivity index (χ4n) is 0.561. The van der Waals surface area contributed by atoms with E-state index in [1.165, 1.54) is 0 Å². The molecule has 0 fully saturated rings. The van der Waals surface area contributed by atoms with Crippen molar-refractivity contribution in [1.82, 2.24) is 5.32 Å². The maximum atomic E-state index is 12.6. The van der Waals surface area contributed by atoms with Gasteiger partial charge in [0.05, 0.1) is 0 Å². The van der Waals surface area contributed by atoms with E-state index in [4.69, 9.17) is 0 Å². The normalized spacial score (nSPS) is 15.3. The van der Waals surface area contributed by atoms with Crippen LogP contribution in [0.2, 0.25) is 0 Å². The van der Waals surface area contributed by atoms with Crippen molar-refractivity contribution in [3.8, 4) is 0 Å². The quantitative estimate of drug-likeness (QED) is 0.644. The Hall–Kier alpha value is -0.110. The Morgan fingerprint density at radius 1 is 1.40 bits per heavy atom. The fraction of sp³-hybridized carbons (Fsp3) is 1.00. The molecule has 0 aliphatic rings. The maximum Gasteiger partial charge on any atom is 0.112 e. The summed E-state index contributed by atoms with van der Waals surface area (Å²) < 4.78 is 12.6. The minimum atomic E-state index is -0.695. The molecule has 0 radical (unpaired) electrons. The van der Waals surface area contributed by atoms with Crippen LogP contribution in [0.5, 0.6) is 0 Å². The first-order valence-electron chi connectivity index (χ1n) is 3.85. The SMILES string of the molecule is CCC(F)CNC(C)(C)C. The van der Waals surface area contributed by atoms with Crippen LogP contribution in [0.1, 0.15) is 34.1 Å². The zero-order chi connectivity index (χ0) is 8.20. The van der Waals surface area contributed by atoms with Crippen molar-refractivity contribution in [2.75, 3.05) is 6.54 Å². The Kier molecular flexibility index (Phi) is 3.87. The van der Waals surface area contributed by atoms with Crippen LogP contribution in [0, 0.1) is 0 Å². The van der Waals surface area contributed by atoms with Crippen LogP contribution >= 0.6 is 0 Å². The summed E-state index contributed by atoms with van der Waals surface area (Å²) in [6, 6.07) is 0. The molecule has 1 N–H and O–H groups in total. The minimum absolute atomic E-state index is 0.0412. The lowest BCUT2D eigenvalue weighted by molar-refractivity contribution is 0.279. The van der Waals surface area contributed by atoms with E-state index in [1.54, 1.807) is 0 Å². The zero-order valence-corrected chi connectivity index (χ0v) is 7.37. The maximum absolute atomic E-state index is 12.6. The van der Waals surface area contributed by atoms with Gasteiger partial charge < -0.3 is 5.32 Å². The molecule has 10 heavy (non-hydrogen) atoms. The monoisotopic (exact) mass is 147 g/mol. The molecule has 0 saturated heterocycles. The number of alkyl halides is 1. The molecule has 1 unspecified atom stereocenters. The molecule has 0 aliphatic carbocycles. The molecule has 62 valence electrons. The van der Waals surface area contributed by atoms with Crippen LogP contribution in [0.3, 0.4) is 0 Å². The first kappa shape index (κ1) is 9.89. The molecule has 1 nitrogen and oxygen atoms in total. The molecule has 0 aliphatic heterocycles. The predicted molar refractivity (Wildman–Crippen MR) is 42.9 cm³/mol. The molecule has 0 heterocycles. The largest absolute Gasteiger partial charge is 0.309 e. The molecule has 0 aromatic heterocycles. The highest BCUT2D eigenvalue weighted by Gasteiger charge is 2.11. The number of hydrogen-bond donors (Lipinski definition) is 1. The highest BCUT2D eigenvalue weighted by Crippen LogP contribution is 2.01. The van der Waals surface area contributed by atoms with Crippen LogP contribution < -0.4 is 5.32 Å². The molecular weight excluding hydrogens is 129 g/mol. The second-order valence-corrected chi connectivity index (χ2v) is 3.64. The Morgan fingerprint density at radius 2 is 1.90 bits per heavy atom. The van der Waals surface area contributed by atoms with Crippen LogP contribution in [-0.2, 0) is 0 Å². The number of halogens is 1. The van der Waals surface area contributed by atoms with Crippen molar-refractivity contribution in [2.45, 2.75) is 45.8 Å². The van der Waals surface area contributed by atoms with Crippen molar-refractivity contribution < 1.29 is 4.39 Å². The van der Waals surface area contributed by atoms with Crippen molar-refractivity contribution in [3.63, 3.8) is 0 Å². The third kappa shape index (κ3) is 6.02. The Labute approximate surface area is 63.0 Å². The van der Waals surface area contributed by atoms with E-state index in [-0.39, 0.29) is 5.54 Å². The van der Waals surface area contributed by atoms with Crippen LogP contribution in [-0.4, -0.2) is 18.3 Å². The van der Waals surface area contributed by atoms with E-state index in [9.17, 15) is 4.39 Å². The summed E-state index contributed by atoms with van der Waals surface area (Å²) in [6.45, 7) is 8.44. The van der Waals surface area contributed by atoms with E-state index < -0.39 is 6.17 Å². The number of rotatable bonds is 3. The predicted octanol–water partition coefficient (Wildman–Crippen LogP) is 2.12. The van der Waals surface area contributed by atoms with Gasteiger partial charge in [0.15, 0.2) is 0 Å². The summed E-state index contributed by atoms with van der Waals surface area (Å²) in [7, 11) is 0. The van der Waals surface area contributed by atoms with Gasteiger partial charge >= 0.3 is 0 Å². The van der Waals surface area contributed by atoms with E-state index in [0.717, 1.165) is 0 Å². The summed E-state index contributed by atoms with van der Waals surface area (Å²) in [5.41, 5.74) is 0.0412. The van der Waals surface area contributed by atoms with E-state index in [2.05, 4.69) is 5.32 Å². The van der Waals surface area contributed by atoms with Crippen LogP contribution in [0.15, 0.2) is 0 Å². The standard InChI is InChI=1S/C8H18FN/c1-5-7(9)6-10-8(2,3)4/h7,10H,5-6H2,1-4H3. The van der Waals surface area contributed by atoms with E-state index in [0.29, 0.717) is 13.0 Å². The molecule has 1 atom stereocenters. The molecule has 0 bridgehead atoms. The minimum Gasteiger partial charge on any atom is -0.309 e. The van der Waals surface area contributed by atoms with Crippen LogP contribution in [0.4, 0.5) is 4.39 Å². The Bertz CT molecular complexity index is 85.7. The van der Waals surface area contributed by atoms with Gasteiger partial charge in [-0.3, -0.25) is 0 Å². The van der Waals surface area contributed by atoms with Gasteiger partial charge in [-0.25, -0.2) is 4.39 Å². The van der Waals surface area contributed by atoms with Crippen molar-refractivity contribution >= 4 is 0 Å². The molecule has 0 spiro atoms. The zero-order valence-electron chi connectivity index (χ0n) is 7.37. The molecule has 0 aromatic rings. The fourth-order valence-corrected chi connectivity index (χ4v) is 0.561. The Balaban J connectivity index is 3.36. The van der Waals surface area contributed by atoms with E-state index in [1.807, 2.05) is 27.7 Å². The summed E-state index contributed by atoms with van der Waals surface area (Å²) >= 11 is 0. The smallest absolute Gasteiger partial charge is 0.112 e. The van der Waals surface area contributed by atoms with Crippen LogP contribution in [0.25, 0.3) is 0 Å². The molecule has 0 saturated carbocycles. The van der Waals surface area contributed by atoms with E-state index >= 15 is 0 Å². The third-order valence-electron chi connectivity index (χ3n) is 1.30. The van der Waals surface area contributed by atoms with Crippen molar-refractivity contribution in [2.24, 2.45) is 0 Å². The van der Waals surface area contributed by atoms with Crippen molar-refractivity contribution in [3.05, 3.63) is 0 Å². The van der Waals surface area contributed by atoms with Gasteiger partial charge in [-0.15, -0.1) is 0 Å². The number of nitrogens with one attached hydrogen (secondary N) is 1. The summed E-state index contributed by atoms with van der Waals surface area (Å²) in [5, 5.41) is 3.10.